The van der Waals surface area contributed by atoms with Crippen LogP contribution in [0.3, 0.4) is 0 Å². The zero-order chi connectivity index (χ0) is 14.2. The molecular weight excluding hydrogens is 252 g/mol. The Bertz CT molecular complexity index is 582. The van der Waals surface area contributed by atoms with Gasteiger partial charge in [-0.2, -0.15) is 5.26 Å². The number of likely N-dealkylation sites (tertiary alicyclic amines) is 1. The highest BCUT2D eigenvalue weighted by atomic mass is 16.2. The molecule has 20 heavy (non-hydrogen) atoms. The van der Waals surface area contributed by atoms with Crippen LogP contribution in [0.15, 0.2) is 30.3 Å². The lowest BCUT2D eigenvalue weighted by atomic mass is 9.95. The summed E-state index contributed by atoms with van der Waals surface area (Å²) in [5, 5.41) is 9.47. The first-order valence-electron chi connectivity index (χ1n) is 7.01. The molecule has 1 saturated carbocycles. The second-order valence-electron chi connectivity index (χ2n) is 5.59. The molecule has 1 aromatic rings. The Hall–Kier alpha value is -2.15. The maximum atomic E-state index is 12.6. The van der Waals surface area contributed by atoms with Crippen molar-refractivity contribution in [2.45, 2.75) is 43.6 Å². The van der Waals surface area contributed by atoms with Gasteiger partial charge in [0.2, 0.25) is 11.8 Å². The number of imide groups is 1. The number of nitriles is 1. The number of carbonyl (C=O) groups excluding carboxylic acids is 2. The van der Waals surface area contributed by atoms with Crippen molar-refractivity contribution in [2.75, 3.05) is 0 Å². The van der Waals surface area contributed by atoms with Crippen LogP contribution in [0.2, 0.25) is 0 Å². The second kappa shape index (κ2) is 4.75. The monoisotopic (exact) mass is 268 g/mol. The molecule has 1 atom stereocenters. The number of benzene rings is 1. The average Bonchev–Trinajstić information content (AvgIpc) is 3.05. The fourth-order valence-electron chi connectivity index (χ4n) is 3.37. The molecule has 3 rings (SSSR count). The number of hydrogen-bond acceptors (Lipinski definition) is 3. The van der Waals surface area contributed by atoms with Crippen LogP contribution in [0.4, 0.5) is 0 Å². The normalized spacial score (nSPS) is 24.9. The van der Waals surface area contributed by atoms with E-state index in [0.717, 1.165) is 18.4 Å². The molecule has 1 heterocycles. The summed E-state index contributed by atoms with van der Waals surface area (Å²) < 4.78 is 0. The predicted molar refractivity (Wildman–Crippen MR) is 72.5 cm³/mol. The van der Waals surface area contributed by atoms with Crippen LogP contribution in [-0.2, 0) is 9.59 Å². The predicted octanol–water partition coefficient (Wildman–Crippen LogP) is 2.37. The molecule has 1 saturated heterocycles. The lowest BCUT2D eigenvalue weighted by Gasteiger charge is -2.30. The van der Waals surface area contributed by atoms with Crippen molar-refractivity contribution in [2.24, 2.45) is 0 Å². The zero-order valence-corrected chi connectivity index (χ0v) is 11.2. The van der Waals surface area contributed by atoms with E-state index in [2.05, 4.69) is 6.07 Å². The quantitative estimate of drug-likeness (QED) is 0.774. The van der Waals surface area contributed by atoms with E-state index < -0.39 is 11.5 Å². The third kappa shape index (κ3) is 1.82. The van der Waals surface area contributed by atoms with Gasteiger partial charge in [0.15, 0.2) is 0 Å². The molecule has 2 aliphatic rings. The highest BCUT2D eigenvalue weighted by Crippen LogP contribution is 2.41. The molecule has 2 fully saturated rings. The lowest BCUT2D eigenvalue weighted by Crippen LogP contribution is -2.49. The van der Waals surface area contributed by atoms with E-state index in [-0.39, 0.29) is 18.2 Å². The molecule has 4 heteroatoms. The Morgan fingerprint density at radius 1 is 1.15 bits per heavy atom. The minimum Gasteiger partial charge on any atom is -0.274 e. The van der Waals surface area contributed by atoms with E-state index in [1.807, 2.05) is 30.3 Å². The summed E-state index contributed by atoms with van der Waals surface area (Å²) in [6.45, 7) is 0. The first kappa shape index (κ1) is 12.9. The highest BCUT2D eigenvalue weighted by molar-refractivity contribution is 6.07. The Kier molecular flexibility index (Phi) is 3.06. The molecule has 0 bridgehead atoms. The third-order valence-electron chi connectivity index (χ3n) is 4.42. The van der Waals surface area contributed by atoms with Gasteiger partial charge in [0.1, 0.15) is 5.54 Å². The van der Waals surface area contributed by atoms with Gasteiger partial charge in [-0.1, -0.05) is 30.3 Å². The van der Waals surface area contributed by atoms with Crippen molar-refractivity contribution in [1.29, 1.82) is 5.26 Å². The molecule has 0 radical (unpaired) electrons. The fourth-order valence-corrected chi connectivity index (χ4v) is 3.37. The Morgan fingerprint density at radius 3 is 2.40 bits per heavy atom. The van der Waals surface area contributed by atoms with Crippen LogP contribution in [0.1, 0.15) is 43.6 Å². The standard InChI is InChI=1S/C16H16N2O2/c17-11-16(8-4-5-9-16)18-14(19)10-13(15(18)20)12-6-2-1-3-7-12/h1-3,6-7,13H,4-5,8-10H2. The maximum Gasteiger partial charge on any atom is 0.238 e. The molecule has 1 aromatic carbocycles. The van der Waals surface area contributed by atoms with Crippen LogP contribution in [0.25, 0.3) is 0 Å². The van der Waals surface area contributed by atoms with E-state index in [1.54, 1.807) is 0 Å². The summed E-state index contributed by atoms with van der Waals surface area (Å²) in [6.07, 6.45) is 3.22. The van der Waals surface area contributed by atoms with E-state index in [9.17, 15) is 14.9 Å². The van der Waals surface area contributed by atoms with Gasteiger partial charge in [0.05, 0.1) is 12.0 Å². The summed E-state index contributed by atoms with van der Waals surface area (Å²) in [5.41, 5.74) is -0.0306. The first-order chi connectivity index (χ1) is 9.68. The van der Waals surface area contributed by atoms with Gasteiger partial charge in [-0.25, -0.2) is 0 Å². The molecule has 2 amide bonds. The summed E-state index contributed by atoms with van der Waals surface area (Å²) in [7, 11) is 0. The average molecular weight is 268 g/mol. The van der Waals surface area contributed by atoms with Crippen molar-refractivity contribution in [1.82, 2.24) is 4.90 Å². The van der Waals surface area contributed by atoms with E-state index in [0.29, 0.717) is 12.8 Å². The zero-order valence-electron chi connectivity index (χ0n) is 11.2. The van der Waals surface area contributed by atoms with Crippen LogP contribution in [0, 0.1) is 11.3 Å². The molecule has 4 nitrogen and oxygen atoms in total. The van der Waals surface area contributed by atoms with Gasteiger partial charge >= 0.3 is 0 Å². The summed E-state index contributed by atoms with van der Waals surface area (Å²) in [4.78, 5) is 26.2. The van der Waals surface area contributed by atoms with Gasteiger partial charge < -0.3 is 0 Å². The molecule has 1 unspecified atom stereocenters. The number of carbonyl (C=O) groups is 2. The Balaban J connectivity index is 1.94. The van der Waals surface area contributed by atoms with E-state index >= 15 is 0 Å². The van der Waals surface area contributed by atoms with E-state index in [1.165, 1.54) is 4.90 Å². The van der Waals surface area contributed by atoms with Crippen LogP contribution < -0.4 is 0 Å². The van der Waals surface area contributed by atoms with Gasteiger partial charge in [-0.15, -0.1) is 0 Å². The summed E-state index contributed by atoms with van der Waals surface area (Å²) in [6, 6.07) is 11.6. The fraction of sp³-hybridized carbons (Fsp3) is 0.438. The molecule has 0 spiro atoms. The van der Waals surface area contributed by atoms with Crippen molar-refractivity contribution < 1.29 is 9.59 Å². The number of amides is 2. The Morgan fingerprint density at radius 2 is 1.80 bits per heavy atom. The van der Waals surface area contributed by atoms with Gasteiger partial charge in [-0.05, 0) is 31.2 Å². The third-order valence-corrected chi connectivity index (χ3v) is 4.42. The molecule has 1 aliphatic heterocycles. The van der Waals surface area contributed by atoms with Gasteiger partial charge in [0, 0.05) is 6.42 Å². The largest absolute Gasteiger partial charge is 0.274 e. The number of nitrogens with zero attached hydrogens (tertiary/aromatic N) is 2. The van der Waals surface area contributed by atoms with E-state index in [4.69, 9.17) is 0 Å². The van der Waals surface area contributed by atoms with Crippen molar-refractivity contribution in [3.8, 4) is 6.07 Å². The molecule has 0 aromatic heterocycles. The smallest absolute Gasteiger partial charge is 0.238 e. The van der Waals surface area contributed by atoms with Gasteiger partial charge in [-0.3, -0.25) is 14.5 Å². The van der Waals surface area contributed by atoms with Crippen LogP contribution in [-0.4, -0.2) is 22.3 Å². The minimum absolute atomic E-state index is 0.187. The number of rotatable bonds is 2. The molecule has 1 aliphatic carbocycles. The number of hydrogen-bond donors (Lipinski definition) is 0. The Labute approximate surface area is 118 Å². The van der Waals surface area contributed by atoms with Crippen molar-refractivity contribution in [3.05, 3.63) is 35.9 Å². The summed E-state index contributed by atoms with van der Waals surface area (Å²) >= 11 is 0. The molecule has 0 N–H and O–H groups in total. The molecule has 102 valence electrons. The first-order valence-corrected chi connectivity index (χ1v) is 7.01. The highest BCUT2D eigenvalue weighted by Gasteiger charge is 2.52. The SMILES string of the molecule is N#CC1(N2C(=O)CC(c3ccccc3)C2=O)CCCC1. The van der Waals surface area contributed by atoms with Crippen LogP contribution in [0.5, 0.6) is 0 Å². The topological polar surface area (TPSA) is 61.2 Å². The summed E-state index contributed by atoms with van der Waals surface area (Å²) in [5.74, 6) is -0.827. The maximum absolute atomic E-state index is 12.6. The van der Waals surface area contributed by atoms with Crippen molar-refractivity contribution >= 4 is 11.8 Å². The van der Waals surface area contributed by atoms with Crippen LogP contribution >= 0.6 is 0 Å². The molecular formula is C16H16N2O2. The van der Waals surface area contributed by atoms with Crippen molar-refractivity contribution in [3.63, 3.8) is 0 Å². The second-order valence-corrected chi connectivity index (χ2v) is 5.59. The minimum atomic E-state index is -0.891. The van der Waals surface area contributed by atoms with Gasteiger partial charge in [0.25, 0.3) is 0 Å². The lowest BCUT2D eigenvalue weighted by molar-refractivity contribution is -0.143.